The second kappa shape index (κ2) is 5.85. The molecule has 0 spiro atoms. The molecule has 1 atom stereocenters. The Bertz CT molecular complexity index is 536. The third-order valence-corrected chi connectivity index (χ3v) is 3.38. The van der Waals surface area contributed by atoms with Crippen LogP contribution in [-0.2, 0) is 0 Å². The van der Waals surface area contributed by atoms with Gasteiger partial charge >= 0.3 is 0 Å². The fourth-order valence-corrected chi connectivity index (χ4v) is 2.25. The fraction of sp³-hybridized carbons (Fsp3) is 0.250. The summed E-state index contributed by atoms with van der Waals surface area (Å²) in [6.07, 6.45) is 2.60. The van der Waals surface area contributed by atoms with Crippen LogP contribution >= 0.6 is 11.8 Å². The number of hydrogen-bond donors (Lipinski definition) is 3. The predicted molar refractivity (Wildman–Crippen MR) is 76.4 cm³/mol. The molecule has 6 N–H and O–H groups in total. The van der Waals surface area contributed by atoms with E-state index in [1.54, 1.807) is 6.20 Å². The lowest BCUT2D eigenvalue weighted by Gasteiger charge is -2.08. The monoisotopic (exact) mass is 276 g/mol. The van der Waals surface area contributed by atoms with Crippen molar-refractivity contribution in [3.05, 3.63) is 30.1 Å². The number of anilines is 2. The smallest absolute Gasteiger partial charge is 0.196 e. The van der Waals surface area contributed by atoms with Crippen molar-refractivity contribution in [2.45, 2.75) is 29.4 Å². The normalized spacial score (nSPS) is 12.3. The molecule has 0 radical (unpaired) electrons. The lowest BCUT2D eigenvalue weighted by atomic mass is 10.1. The Morgan fingerprint density at radius 3 is 2.42 bits per heavy atom. The molecule has 2 aromatic rings. The maximum absolute atomic E-state index is 5.91. The van der Waals surface area contributed by atoms with Gasteiger partial charge in [-0.15, -0.1) is 0 Å². The molecular weight excluding hydrogens is 260 g/mol. The quantitative estimate of drug-likeness (QED) is 0.726. The van der Waals surface area contributed by atoms with E-state index in [9.17, 15) is 0 Å². The van der Waals surface area contributed by atoms with Gasteiger partial charge in [-0.3, -0.25) is 4.98 Å². The number of rotatable bonds is 4. The van der Waals surface area contributed by atoms with E-state index in [-0.39, 0.29) is 6.04 Å². The average molecular weight is 276 g/mol. The van der Waals surface area contributed by atoms with Crippen molar-refractivity contribution < 1.29 is 0 Å². The number of aromatic nitrogens is 3. The Kier molecular flexibility index (Phi) is 4.18. The molecular formula is C12H16N6S. The molecule has 0 aromatic carbocycles. The minimum absolute atomic E-state index is 0.0293. The molecule has 0 aliphatic rings. The molecule has 0 aliphatic carbocycles. The van der Waals surface area contributed by atoms with Crippen LogP contribution in [0.25, 0.3) is 0 Å². The zero-order valence-corrected chi connectivity index (χ0v) is 11.4. The molecule has 0 saturated carbocycles. The highest BCUT2D eigenvalue weighted by molar-refractivity contribution is 7.99. The Morgan fingerprint density at radius 2 is 1.89 bits per heavy atom. The first kappa shape index (κ1) is 13.6. The predicted octanol–water partition coefficient (Wildman–Crippen LogP) is 1.60. The van der Waals surface area contributed by atoms with Crippen molar-refractivity contribution in [2.75, 3.05) is 11.5 Å². The van der Waals surface area contributed by atoms with Crippen LogP contribution in [0.1, 0.15) is 25.1 Å². The first-order valence-corrected chi connectivity index (χ1v) is 6.69. The largest absolute Gasteiger partial charge is 0.383 e. The molecule has 2 aromatic heterocycles. The van der Waals surface area contributed by atoms with Gasteiger partial charge in [0, 0.05) is 23.2 Å². The summed E-state index contributed by atoms with van der Waals surface area (Å²) < 4.78 is 0. The van der Waals surface area contributed by atoms with Crippen molar-refractivity contribution in [3.63, 3.8) is 0 Å². The minimum Gasteiger partial charge on any atom is -0.383 e. The van der Waals surface area contributed by atoms with Crippen LogP contribution in [0.3, 0.4) is 0 Å². The zero-order valence-electron chi connectivity index (χ0n) is 10.6. The van der Waals surface area contributed by atoms with E-state index in [1.165, 1.54) is 17.8 Å². The molecule has 1 unspecified atom stereocenters. The maximum atomic E-state index is 5.91. The standard InChI is InChI=1S/C12H16N6S/c1-2-8(13)9-4-3-7(6-16-9)19-12-17-10(14)5-11(15)18-12/h3-6,8H,2,13H2,1H3,(H4,14,15,17,18). The van der Waals surface area contributed by atoms with Gasteiger partial charge in [-0.05, 0) is 30.3 Å². The highest BCUT2D eigenvalue weighted by Crippen LogP contribution is 2.26. The van der Waals surface area contributed by atoms with Gasteiger partial charge in [-0.25, -0.2) is 9.97 Å². The van der Waals surface area contributed by atoms with Crippen molar-refractivity contribution in [2.24, 2.45) is 5.73 Å². The first-order valence-electron chi connectivity index (χ1n) is 5.88. The second-order valence-electron chi connectivity index (χ2n) is 4.04. The minimum atomic E-state index is -0.0293. The fourth-order valence-electron chi connectivity index (χ4n) is 1.49. The van der Waals surface area contributed by atoms with Crippen LogP contribution in [0.15, 0.2) is 34.4 Å². The first-order chi connectivity index (χ1) is 9.08. The van der Waals surface area contributed by atoms with Crippen LogP contribution < -0.4 is 17.2 Å². The summed E-state index contributed by atoms with van der Waals surface area (Å²) in [5.41, 5.74) is 18.0. The summed E-state index contributed by atoms with van der Waals surface area (Å²) in [5, 5.41) is 0.506. The van der Waals surface area contributed by atoms with E-state index in [0.717, 1.165) is 17.0 Å². The van der Waals surface area contributed by atoms with Crippen LogP contribution in [-0.4, -0.2) is 15.0 Å². The van der Waals surface area contributed by atoms with Crippen molar-refractivity contribution in [1.29, 1.82) is 0 Å². The number of nitrogens with zero attached hydrogens (tertiary/aromatic N) is 3. The van der Waals surface area contributed by atoms with E-state index in [1.807, 2.05) is 19.1 Å². The number of hydrogen-bond acceptors (Lipinski definition) is 7. The average Bonchev–Trinajstić information content (AvgIpc) is 2.37. The molecule has 0 amide bonds. The number of nitrogens with two attached hydrogens (primary N) is 3. The second-order valence-corrected chi connectivity index (χ2v) is 5.08. The summed E-state index contributed by atoms with van der Waals surface area (Å²) in [6.45, 7) is 2.03. The molecule has 0 fully saturated rings. The third-order valence-electron chi connectivity index (χ3n) is 2.53. The summed E-state index contributed by atoms with van der Waals surface area (Å²) >= 11 is 1.36. The van der Waals surface area contributed by atoms with Gasteiger partial charge < -0.3 is 17.2 Å². The van der Waals surface area contributed by atoms with E-state index < -0.39 is 0 Å². The highest BCUT2D eigenvalue weighted by atomic mass is 32.2. The van der Waals surface area contributed by atoms with Gasteiger partial charge in [0.1, 0.15) is 11.6 Å². The highest BCUT2D eigenvalue weighted by Gasteiger charge is 2.07. The lowest BCUT2D eigenvalue weighted by molar-refractivity contribution is 0.674. The molecule has 6 nitrogen and oxygen atoms in total. The Labute approximate surface area is 115 Å². The topological polar surface area (TPSA) is 117 Å². The molecule has 0 saturated heterocycles. The molecule has 7 heteroatoms. The SMILES string of the molecule is CCC(N)c1ccc(Sc2nc(N)cc(N)n2)cn1. The van der Waals surface area contributed by atoms with Crippen molar-refractivity contribution >= 4 is 23.4 Å². The van der Waals surface area contributed by atoms with Crippen LogP contribution in [0.5, 0.6) is 0 Å². The van der Waals surface area contributed by atoms with Gasteiger partial charge in [0.15, 0.2) is 5.16 Å². The zero-order chi connectivity index (χ0) is 13.8. The third kappa shape index (κ3) is 3.55. The van der Waals surface area contributed by atoms with Gasteiger partial charge in [0.05, 0.1) is 5.69 Å². The van der Waals surface area contributed by atoms with E-state index >= 15 is 0 Å². The number of nitrogen functional groups attached to an aromatic ring is 2. The van der Waals surface area contributed by atoms with Crippen molar-refractivity contribution in [3.8, 4) is 0 Å². The maximum Gasteiger partial charge on any atom is 0.196 e. The van der Waals surface area contributed by atoms with Gasteiger partial charge in [0.25, 0.3) is 0 Å². The molecule has 19 heavy (non-hydrogen) atoms. The Morgan fingerprint density at radius 1 is 1.21 bits per heavy atom. The Balaban J connectivity index is 2.15. The van der Waals surface area contributed by atoms with Gasteiger partial charge in [-0.1, -0.05) is 6.92 Å². The molecule has 2 rings (SSSR count). The number of pyridine rings is 1. The summed E-state index contributed by atoms with van der Waals surface area (Å²) in [4.78, 5) is 13.4. The molecule has 2 heterocycles. The summed E-state index contributed by atoms with van der Waals surface area (Å²) in [7, 11) is 0. The van der Waals surface area contributed by atoms with E-state index in [2.05, 4.69) is 15.0 Å². The lowest BCUT2D eigenvalue weighted by Crippen LogP contribution is -2.10. The van der Waals surface area contributed by atoms with Crippen LogP contribution in [0.2, 0.25) is 0 Å². The Hall–Kier alpha value is -1.86. The van der Waals surface area contributed by atoms with Gasteiger partial charge in [0.2, 0.25) is 0 Å². The summed E-state index contributed by atoms with van der Waals surface area (Å²) in [6, 6.07) is 5.33. The van der Waals surface area contributed by atoms with E-state index in [0.29, 0.717) is 16.8 Å². The van der Waals surface area contributed by atoms with Crippen LogP contribution in [0.4, 0.5) is 11.6 Å². The van der Waals surface area contributed by atoms with Gasteiger partial charge in [-0.2, -0.15) is 0 Å². The van der Waals surface area contributed by atoms with Crippen molar-refractivity contribution in [1.82, 2.24) is 15.0 Å². The molecule has 0 aliphatic heterocycles. The van der Waals surface area contributed by atoms with Crippen LogP contribution in [0, 0.1) is 0 Å². The summed E-state index contributed by atoms with van der Waals surface area (Å²) in [5.74, 6) is 0.708. The van der Waals surface area contributed by atoms with E-state index in [4.69, 9.17) is 17.2 Å². The molecule has 100 valence electrons. The molecule has 0 bridgehead atoms.